The Balaban J connectivity index is 1.67. The van der Waals surface area contributed by atoms with Crippen LogP contribution in [0.1, 0.15) is 26.3 Å². The first-order valence-corrected chi connectivity index (χ1v) is 9.07. The number of hydrogen-bond acceptors (Lipinski definition) is 4. The SMILES string of the molecule is CN(CCc1ccncc1)C(=O)c1cncc(C(=O)Nc2ccccc2Cl)c1. The number of nitrogens with zero attached hydrogens (tertiary/aromatic N) is 3. The van der Waals surface area contributed by atoms with E-state index in [1.165, 1.54) is 18.5 Å². The van der Waals surface area contributed by atoms with Crippen LogP contribution in [0.2, 0.25) is 5.02 Å². The number of aromatic nitrogens is 2. The summed E-state index contributed by atoms with van der Waals surface area (Å²) in [5, 5.41) is 3.16. The normalized spacial score (nSPS) is 10.4. The Labute approximate surface area is 168 Å². The van der Waals surface area contributed by atoms with Gasteiger partial charge in [0.1, 0.15) is 0 Å². The molecule has 1 aromatic carbocycles. The van der Waals surface area contributed by atoms with Gasteiger partial charge in [-0.05, 0) is 42.3 Å². The van der Waals surface area contributed by atoms with Gasteiger partial charge in [-0.3, -0.25) is 19.6 Å². The lowest BCUT2D eigenvalue weighted by Gasteiger charge is -2.17. The molecule has 3 aromatic rings. The molecule has 0 radical (unpaired) electrons. The molecule has 0 saturated carbocycles. The van der Waals surface area contributed by atoms with E-state index in [0.717, 1.165) is 5.56 Å². The van der Waals surface area contributed by atoms with Crippen molar-refractivity contribution in [2.75, 3.05) is 18.9 Å². The van der Waals surface area contributed by atoms with Gasteiger partial charge in [0.2, 0.25) is 0 Å². The van der Waals surface area contributed by atoms with Crippen LogP contribution in [-0.2, 0) is 6.42 Å². The van der Waals surface area contributed by atoms with Gasteiger partial charge in [0.15, 0.2) is 0 Å². The molecule has 28 heavy (non-hydrogen) atoms. The first-order chi connectivity index (χ1) is 13.5. The highest BCUT2D eigenvalue weighted by molar-refractivity contribution is 6.33. The molecular weight excluding hydrogens is 376 g/mol. The van der Waals surface area contributed by atoms with E-state index in [1.807, 2.05) is 12.1 Å². The van der Waals surface area contributed by atoms with Crippen molar-refractivity contribution in [3.63, 3.8) is 0 Å². The highest BCUT2D eigenvalue weighted by Gasteiger charge is 2.15. The quantitative estimate of drug-likeness (QED) is 0.691. The monoisotopic (exact) mass is 394 g/mol. The number of likely N-dealkylation sites (N-methyl/N-ethyl adjacent to an activating group) is 1. The molecule has 0 saturated heterocycles. The zero-order valence-electron chi connectivity index (χ0n) is 15.3. The summed E-state index contributed by atoms with van der Waals surface area (Å²) in [6.45, 7) is 0.541. The van der Waals surface area contributed by atoms with Crippen LogP contribution in [0.5, 0.6) is 0 Å². The van der Waals surface area contributed by atoms with E-state index in [0.29, 0.717) is 29.2 Å². The number of carbonyl (C=O) groups excluding carboxylic acids is 2. The van der Waals surface area contributed by atoms with Crippen molar-refractivity contribution in [1.82, 2.24) is 14.9 Å². The van der Waals surface area contributed by atoms with Crippen molar-refractivity contribution in [2.45, 2.75) is 6.42 Å². The molecule has 0 aliphatic carbocycles. The van der Waals surface area contributed by atoms with Gasteiger partial charge in [-0.2, -0.15) is 0 Å². The van der Waals surface area contributed by atoms with E-state index < -0.39 is 0 Å². The molecule has 6 nitrogen and oxygen atoms in total. The van der Waals surface area contributed by atoms with Gasteiger partial charge in [0.05, 0.1) is 21.8 Å². The van der Waals surface area contributed by atoms with Crippen molar-refractivity contribution < 1.29 is 9.59 Å². The molecule has 0 unspecified atom stereocenters. The maximum Gasteiger partial charge on any atom is 0.257 e. The lowest BCUT2D eigenvalue weighted by atomic mass is 10.1. The Bertz CT molecular complexity index is 979. The number of amides is 2. The summed E-state index contributed by atoms with van der Waals surface area (Å²) < 4.78 is 0. The van der Waals surface area contributed by atoms with Crippen molar-refractivity contribution in [2.24, 2.45) is 0 Å². The van der Waals surface area contributed by atoms with E-state index in [2.05, 4.69) is 15.3 Å². The summed E-state index contributed by atoms with van der Waals surface area (Å²) in [4.78, 5) is 34.8. The minimum absolute atomic E-state index is 0.200. The molecule has 142 valence electrons. The number of pyridine rings is 2. The first-order valence-electron chi connectivity index (χ1n) is 8.70. The molecule has 0 aliphatic heterocycles. The number of benzene rings is 1. The predicted octanol–water partition coefficient (Wildman–Crippen LogP) is 3.70. The average Bonchev–Trinajstić information content (AvgIpc) is 2.74. The number of nitrogens with one attached hydrogen (secondary N) is 1. The Kier molecular flexibility index (Phi) is 6.34. The van der Waals surface area contributed by atoms with Crippen molar-refractivity contribution in [3.05, 3.63) is 89.0 Å². The number of rotatable bonds is 6. The zero-order valence-corrected chi connectivity index (χ0v) is 16.1. The van der Waals surface area contributed by atoms with Crippen molar-refractivity contribution in [1.29, 1.82) is 0 Å². The Morgan fingerprint density at radius 3 is 2.50 bits per heavy atom. The third-order valence-electron chi connectivity index (χ3n) is 4.20. The molecule has 0 atom stereocenters. The van der Waals surface area contributed by atoms with Crippen molar-refractivity contribution >= 4 is 29.1 Å². The number of para-hydroxylation sites is 1. The molecule has 3 rings (SSSR count). The van der Waals surface area contributed by atoms with Crippen LogP contribution in [0.15, 0.2) is 67.3 Å². The molecule has 0 aliphatic rings. The summed E-state index contributed by atoms with van der Waals surface area (Å²) in [5.74, 6) is -0.580. The Morgan fingerprint density at radius 1 is 1.04 bits per heavy atom. The van der Waals surface area contributed by atoms with Gasteiger partial charge >= 0.3 is 0 Å². The van der Waals surface area contributed by atoms with Gasteiger partial charge < -0.3 is 10.2 Å². The van der Waals surface area contributed by atoms with Crippen LogP contribution in [-0.4, -0.2) is 40.3 Å². The number of hydrogen-bond donors (Lipinski definition) is 1. The molecule has 2 amide bonds. The third kappa shape index (κ3) is 4.92. The molecule has 1 N–H and O–H groups in total. The predicted molar refractivity (Wildman–Crippen MR) is 109 cm³/mol. The van der Waals surface area contributed by atoms with Gasteiger partial charge in [-0.25, -0.2) is 0 Å². The topological polar surface area (TPSA) is 75.2 Å². The largest absolute Gasteiger partial charge is 0.341 e. The first kappa shape index (κ1) is 19.5. The second-order valence-electron chi connectivity index (χ2n) is 6.23. The average molecular weight is 395 g/mol. The van der Waals surface area contributed by atoms with E-state index in [-0.39, 0.29) is 17.4 Å². The fourth-order valence-corrected chi connectivity index (χ4v) is 2.79. The molecular formula is C21H19ClN4O2. The van der Waals surface area contributed by atoms with Gasteiger partial charge in [-0.1, -0.05) is 23.7 Å². The standard InChI is InChI=1S/C21H19ClN4O2/c1-26(11-8-15-6-9-23-10-7-15)21(28)17-12-16(13-24-14-17)20(27)25-19-5-3-2-4-18(19)22/h2-7,9-10,12-14H,8,11H2,1H3,(H,25,27). The Hall–Kier alpha value is -3.25. The van der Waals surface area contributed by atoms with Crippen LogP contribution in [0.3, 0.4) is 0 Å². The molecule has 2 heterocycles. The van der Waals surface area contributed by atoms with E-state index >= 15 is 0 Å². The second-order valence-corrected chi connectivity index (χ2v) is 6.64. The summed E-state index contributed by atoms with van der Waals surface area (Å²) in [6, 6.07) is 12.3. The minimum Gasteiger partial charge on any atom is -0.341 e. The van der Waals surface area contributed by atoms with Crippen LogP contribution in [0, 0.1) is 0 Å². The Morgan fingerprint density at radius 2 is 1.75 bits per heavy atom. The van der Waals surface area contributed by atoms with E-state index in [4.69, 9.17) is 11.6 Å². The number of carbonyl (C=O) groups is 2. The summed E-state index contributed by atoms with van der Waals surface area (Å²) >= 11 is 6.07. The highest BCUT2D eigenvalue weighted by atomic mass is 35.5. The minimum atomic E-state index is -0.380. The van der Waals surface area contributed by atoms with Crippen LogP contribution in [0.4, 0.5) is 5.69 Å². The molecule has 0 fully saturated rings. The lowest BCUT2D eigenvalue weighted by molar-refractivity contribution is 0.0796. The van der Waals surface area contributed by atoms with Crippen LogP contribution < -0.4 is 5.32 Å². The summed E-state index contributed by atoms with van der Waals surface area (Å²) in [5.41, 5.74) is 2.23. The summed E-state index contributed by atoms with van der Waals surface area (Å²) in [7, 11) is 1.72. The van der Waals surface area contributed by atoms with Gasteiger partial charge in [0.25, 0.3) is 11.8 Å². The third-order valence-corrected chi connectivity index (χ3v) is 4.53. The fraction of sp³-hybridized carbons (Fsp3) is 0.143. The zero-order chi connectivity index (χ0) is 19.9. The van der Waals surface area contributed by atoms with Crippen LogP contribution >= 0.6 is 11.6 Å². The maximum atomic E-state index is 12.7. The molecule has 7 heteroatoms. The fourth-order valence-electron chi connectivity index (χ4n) is 2.61. The van der Waals surface area contributed by atoms with E-state index in [9.17, 15) is 9.59 Å². The van der Waals surface area contributed by atoms with E-state index in [1.54, 1.807) is 48.6 Å². The van der Waals surface area contributed by atoms with Crippen LogP contribution in [0.25, 0.3) is 0 Å². The molecule has 2 aromatic heterocycles. The number of anilines is 1. The van der Waals surface area contributed by atoms with Gasteiger partial charge in [0, 0.05) is 38.4 Å². The smallest absolute Gasteiger partial charge is 0.257 e. The lowest BCUT2D eigenvalue weighted by Crippen LogP contribution is -2.29. The molecule has 0 bridgehead atoms. The maximum absolute atomic E-state index is 12.7. The van der Waals surface area contributed by atoms with Gasteiger partial charge in [-0.15, -0.1) is 0 Å². The molecule has 0 spiro atoms. The highest BCUT2D eigenvalue weighted by Crippen LogP contribution is 2.21. The number of halogens is 1. The summed E-state index contributed by atoms with van der Waals surface area (Å²) in [6.07, 6.45) is 7.03. The second kappa shape index (κ2) is 9.10. The van der Waals surface area contributed by atoms with Crippen molar-refractivity contribution in [3.8, 4) is 0 Å².